The Morgan fingerprint density at radius 3 is 2.58 bits per heavy atom. The Morgan fingerprint density at radius 2 is 1.82 bits per heavy atom. The van der Waals surface area contributed by atoms with E-state index in [1.165, 1.54) is 4.90 Å². The topological polar surface area (TPSA) is 125 Å². The van der Waals surface area contributed by atoms with Crippen molar-refractivity contribution in [3.63, 3.8) is 0 Å². The largest absolute Gasteiger partial charge is 0.460 e. The second kappa shape index (κ2) is 12.4. The molecular weight excluding hydrogens is 574 g/mol. The van der Waals surface area contributed by atoms with Crippen LogP contribution in [0, 0.1) is 17.8 Å². The lowest BCUT2D eigenvalue weighted by Crippen LogP contribution is -2.59. The normalized spacial score (nSPS) is 31.8. The van der Waals surface area contributed by atoms with Gasteiger partial charge in [-0.05, 0) is 48.6 Å². The molecule has 45 heavy (non-hydrogen) atoms. The molecule has 4 aliphatic heterocycles. The monoisotopic (exact) mass is 615 g/mol. The number of anilines is 1. The number of cyclic esters (lactones) is 1. The molecule has 1 spiro atoms. The Balaban J connectivity index is 1.48. The second-order valence-corrected chi connectivity index (χ2v) is 13.0. The van der Waals surface area contributed by atoms with Gasteiger partial charge in [-0.3, -0.25) is 19.2 Å². The van der Waals surface area contributed by atoms with Crippen LogP contribution in [0.4, 0.5) is 5.69 Å². The molecule has 0 aliphatic carbocycles. The number of likely N-dealkylation sites (tertiary alicyclic amines) is 1. The van der Waals surface area contributed by atoms with Crippen molar-refractivity contribution in [3.05, 3.63) is 66.8 Å². The highest BCUT2D eigenvalue weighted by Gasteiger charge is 2.74. The predicted octanol–water partition coefficient (Wildman–Crippen LogP) is 3.13. The Kier molecular flexibility index (Phi) is 8.54. The van der Waals surface area contributed by atoms with Crippen molar-refractivity contribution in [2.75, 3.05) is 24.6 Å². The summed E-state index contributed by atoms with van der Waals surface area (Å²) in [6.45, 7) is 5.66. The summed E-state index contributed by atoms with van der Waals surface area (Å²) in [4.78, 5) is 58.8. The Morgan fingerprint density at radius 1 is 1.04 bits per heavy atom. The van der Waals surface area contributed by atoms with E-state index in [0.29, 0.717) is 18.5 Å². The fourth-order valence-corrected chi connectivity index (χ4v) is 7.36. The fourth-order valence-electron chi connectivity index (χ4n) is 7.36. The number of nitrogens with zero attached hydrogens (tertiary/aromatic N) is 2. The van der Waals surface area contributed by atoms with Crippen LogP contribution in [0.25, 0.3) is 10.8 Å². The van der Waals surface area contributed by atoms with Gasteiger partial charge < -0.3 is 29.7 Å². The number of fused-ring (bicyclic) bond motifs is 3. The van der Waals surface area contributed by atoms with Gasteiger partial charge in [0.25, 0.3) is 5.91 Å². The summed E-state index contributed by atoms with van der Waals surface area (Å²) in [7, 11) is 0. The van der Waals surface area contributed by atoms with Gasteiger partial charge in [0.1, 0.15) is 23.7 Å². The zero-order valence-corrected chi connectivity index (χ0v) is 25.9. The Labute approximate surface area is 263 Å². The molecule has 7 atom stereocenters. The number of hydrogen-bond acceptors (Lipinski definition) is 7. The minimum absolute atomic E-state index is 0.123. The number of carbonyl (C=O) groups excluding carboxylic acids is 4. The van der Waals surface area contributed by atoms with Crippen LogP contribution in [0.3, 0.4) is 0 Å². The summed E-state index contributed by atoms with van der Waals surface area (Å²) in [5, 5.41) is 15.4. The first-order valence-corrected chi connectivity index (χ1v) is 15.9. The quantitative estimate of drug-likeness (QED) is 0.391. The maximum absolute atomic E-state index is 15.0. The molecule has 4 aliphatic rings. The van der Waals surface area contributed by atoms with Crippen LogP contribution in [-0.4, -0.2) is 83.3 Å². The molecule has 10 nitrogen and oxygen atoms in total. The molecule has 3 amide bonds. The summed E-state index contributed by atoms with van der Waals surface area (Å²) in [5.41, 5.74) is -0.770. The summed E-state index contributed by atoms with van der Waals surface area (Å²) in [6.07, 6.45) is 7.02. The number of rotatable bonds is 5. The first-order valence-electron chi connectivity index (χ1n) is 15.9. The Bertz CT molecular complexity index is 1550. The molecule has 2 aromatic carbocycles. The third kappa shape index (κ3) is 5.55. The van der Waals surface area contributed by atoms with Gasteiger partial charge in [0.05, 0.1) is 31.2 Å². The molecule has 6 rings (SSSR count). The van der Waals surface area contributed by atoms with Crippen LogP contribution in [0.15, 0.2) is 66.8 Å². The van der Waals surface area contributed by atoms with E-state index in [0.717, 1.165) is 10.8 Å². The molecule has 0 radical (unpaired) electrons. The molecule has 2 aromatic rings. The Hall–Kier alpha value is -4.02. The zero-order chi connectivity index (χ0) is 31.9. The molecular formula is C35H41N3O7. The highest BCUT2D eigenvalue weighted by atomic mass is 16.6. The number of nitrogens with one attached hydrogen (secondary N) is 1. The molecule has 4 heterocycles. The maximum Gasteiger partial charge on any atom is 0.313 e. The number of ether oxygens (including phenoxy) is 2. The van der Waals surface area contributed by atoms with Crippen LogP contribution >= 0.6 is 0 Å². The number of carbonyl (C=O) groups is 4. The minimum Gasteiger partial charge on any atom is -0.460 e. The third-order valence-electron chi connectivity index (χ3n) is 9.37. The van der Waals surface area contributed by atoms with Crippen LogP contribution < -0.4 is 10.2 Å². The van der Waals surface area contributed by atoms with Crippen molar-refractivity contribution in [1.82, 2.24) is 10.2 Å². The first kappa shape index (κ1) is 31.0. The van der Waals surface area contributed by atoms with E-state index in [2.05, 4.69) is 5.32 Å². The van der Waals surface area contributed by atoms with Gasteiger partial charge in [-0.15, -0.1) is 0 Å². The molecule has 2 N–H and O–H groups in total. The van der Waals surface area contributed by atoms with Gasteiger partial charge in [-0.2, -0.15) is 0 Å². The van der Waals surface area contributed by atoms with E-state index in [1.807, 2.05) is 68.5 Å². The van der Waals surface area contributed by atoms with Gasteiger partial charge in [-0.1, -0.05) is 68.5 Å². The number of allylic oxidation sites excluding steroid dienone is 1. The number of aliphatic hydroxyl groups excluding tert-OH is 1. The first-order chi connectivity index (χ1) is 21.6. The molecule has 5 bridgehead atoms. The van der Waals surface area contributed by atoms with E-state index >= 15 is 4.79 Å². The number of amides is 3. The number of aliphatic hydroxyl groups is 1. The van der Waals surface area contributed by atoms with Crippen molar-refractivity contribution in [3.8, 4) is 0 Å². The predicted molar refractivity (Wildman–Crippen MR) is 168 cm³/mol. The standard InChI is InChI=1S/C35H41N3O7/c1-21(2)17-26(20-39)38-31-33(42)37(25-13-12-23-9-6-7-10-24(23)18-25)16-8-4-5-11-28(40)36-19-22(3)44-34(43)29-27-14-15-35(31,45-27)30(29)32(38)41/h4,6-10,12-15,18,21-22,26-27,29-31,39H,5,11,16-17,19-20H2,1-3H3,(H,36,40)/b8-4-/t22-,26+,27+,29-,30-,31+,35-/m0/s1. The molecule has 2 saturated heterocycles. The summed E-state index contributed by atoms with van der Waals surface area (Å²) in [6, 6.07) is 11.8. The lowest BCUT2D eigenvalue weighted by Gasteiger charge is -2.39. The molecule has 2 fully saturated rings. The lowest BCUT2D eigenvalue weighted by atomic mass is 9.74. The van der Waals surface area contributed by atoms with Gasteiger partial charge in [0.2, 0.25) is 11.8 Å². The van der Waals surface area contributed by atoms with Crippen LogP contribution in [0.2, 0.25) is 0 Å². The zero-order valence-electron chi connectivity index (χ0n) is 25.9. The van der Waals surface area contributed by atoms with Crippen molar-refractivity contribution >= 4 is 40.2 Å². The van der Waals surface area contributed by atoms with Crippen molar-refractivity contribution in [2.24, 2.45) is 17.8 Å². The van der Waals surface area contributed by atoms with Gasteiger partial charge >= 0.3 is 5.97 Å². The second-order valence-electron chi connectivity index (χ2n) is 13.0. The number of hydrogen-bond donors (Lipinski definition) is 2. The van der Waals surface area contributed by atoms with Crippen molar-refractivity contribution in [1.29, 1.82) is 0 Å². The molecule has 238 valence electrons. The summed E-state index contributed by atoms with van der Waals surface area (Å²) >= 11 is 0. The summed E-state index contributed by atoms with van der Waals surface area (Å²) < 4.78 is 12.3. The van der Waals surface area contributed by atoms with E-state index in [4.69, 9.17) is 9.47 Å². The molecule has 0 aromatic heterocycles. The van der Waals surface area contributed by atoms with Crippen LogP contribution in [0.5, 0.6) is 0 Å². The number of benzene rings is 2. The molecule has 0 saturated carbocycles. The molecule has 0 unspecified atom stereocenters. The van der Waals surface area contributed by atoms with E-state index < -0.39 is 53.6 Å². The highest BCUT2D eigenvalue weighted by molar-refractivity contribution is 6.06. The van der Waals surface area contributed by atoms with Crippen molar-refractivity contribution < 1.29 is 33.8 Å². The maximum atomic E-state index is 15.0. The van der Waals surface area contributed by atoms with E-state index in [9.17, 15) is 19.5 Å². The molecule has 10 heteroatoms. The van der Waals surface area contributed by atoms with E-state index in [-0.39, 0.29) is 43.8 Å². The van der Waals surface area contributed by atoms with Crippen molar-refractivity contribution in [2.45, 2.75) is 69.9 Å². The van der Waals surface area contributed by atoms with Gasteiger partial charge in [-0.25, -0.2) is 0 Å². The smallest absolute Gasteiger partial charge is 0.313 e. The minimum atomic E-state index is -1.41. The van der Waals surface area contributed by atoms with Gasteiger partial charge in [0.15, 0.2) is 0 Å². The third-order valence-corrected chi connectivity index (χ3v) is 9.37. The lowest BCUT2D eigenvalue weighted by molar-refractivity contribution is -0.159. The van der Waals surface area contributed by atoms with Crippen LogP contribution in [-0.2, 0) is 28.7 Å². The SMILES string of the molecule is CC(C)C[C@H](CO)N1C(=O)[C@@H]2[C@H]3C(=O)O[C@@H](C)CNC(=O)CC/C=C\CN(c4ccc5ccccc5c4)C(=O)[C@@H]1[C@]21C=C[C@H]3O1. The summed E-state index contributed by atoms with van der Waals surface area (Å²) in [5.74, 6) is -3.41. The van der Waals surface area contributed by atoms with E-state index in [1.54, 1.807) is 24.0 Å². The van der Waals surface area contributed by atoms with Gasteiger partial charge in [0, 0.05) is 18.7 Å². The average molecular weight is 616 g/mol. The highest BCUT2D eigenvalue weighted by Crippen LogP contribution is 2.56. The van der Waals surface area contributed by atoms with Crippen LogP contribution in [0.1, 0.15) is 40.0 Å². The fraction of sp³-hybridized carbons (Fsp3) is 0.486. The average Bonchev–Trinajstić information content (AvgIpc) is 3.67. The number of esters is 1.